The second-order valence-electron chi connectivity index (χ2n) is 3.62. The van der Waals surface area contributed by atoms with Crippen LogP contribution in [0, 0.1) is 0 Å². The van der Waals surface area contributed by atoms with E-state index in [-0.39, 0.29) is 6.10 Å². The van der Waals surface area contributed by atoms with Crippen LogP contribution in [0.5, 0.6) is 0 Å². The quantitative estimate of drug-likeness (QED) is 0.761. The molecule has 1 atom stereocenters. The molecule has 0 radical (unpaired) electrons. The van der Waals surface area contributed by atoms with E-state index >= 15 is 0 Å². The van der Waals surface area contributed by atoms with Gasteiger partial charge in [0.05, 0.1) is 6.10 Å². The molecule has 1 N–H and O–H groups in total. The maximum Gasteiger partial charge on any atom is 0.336 e. The fourth-order valence-corrected chi connectivity index (χ4v) is 2.69. The normalized spacial score (nSPS) is 29.2. The van der Waals surface area contributed by atoms with Crippen LogP contribution in [-0.4, -0.2) is 34.3 Å². The van der Waals surface area contributed by atoms with E-state index in [9.17, 15) is 4.79 Å². The minimum Gasteiger partial charge on any atom is -0.479 e. The molecule has 1 aliphatic heterocycles. The Morgan fingerprint density at radius 2 is 2.31 bits per heavy atom. The van der Waals surface area contributed by atoms with E-state index in [4.69, 9.17) is 9.84 Å². The van der Waals surface area contributed by atoms with Gasteiger partial charge in [0.25, 0.3) is 0 Å². The lowest BCUT2D eigenvalue weighted by molar-refractivity contribution is -0.169. The standard InChI is InChI=1S/C9H16O3S/c1-7(2)12-9(8(10)11)4-3-5-13-6-9/h7H,3-6H2,1-2H3,(H,10,11). The van der Waals surface area contributed by atoms with Gasteiger partial charge < -0.3 is 9.84 Å². The van der Waals surface area contributed by atoms with Gasteiger partial charge in [-0.05, 0) is 32.4 Å². The molecule has 1 rings (SSSR count). The number of aliphatic carboxylic acids is 1. The number of carboxylic acid groups (broad SMARTS) is 1. The average molecular weight is 204 g/mol. The summed E-state index contributed by atoms with van der Waals surface area (Å²) in [5, 5.41) is 9.10. The van der Waals surface area contributed by atoms with E-state index in [1.807, 2.05) is 13.8 Å². The van der Waals surface area contributed by atoms with Crippen molar-refractivity contribution in [3.05, 3.63) is 0 Å². The highest BCUT2D eigenvalue weighted by atomic mass is 32.2. The summed E-state index contributed by atoms with van der Waals surface area (Å²) in [7, 11) is 0. The van der Waals surface area contributed by atoms with Crippen molar-refractivity contribution in [1.29, 1.82) is 0 Å². The smallest absolute Gasteiger partial charge is 0.336 e. The van der Waals surface area contributed by atoms with Crippen LogP contribution in [0.3, 0.4) is 0 Å². The molecule has 0 amide bonds. The second kappa shape index (κ2) is 4.33. The number of carbonyl (C=O) groups is 1. The van der Waals surface area contributed by atoms with E-state index in [1.165, 1.54) is 0 Å². The zero-order chi connectivity index (χ0) is 9.90. The van der Waals surface area contributed by atoms with Gasteiger partial charge in [-0.15, -0.1) is 0 Å². The SMILES string of the molecule is CC(C)OC1(C(=O)O)CCCSC1. The van der Waals surface area contributed by atoms with Crippen molar-refractivity contribution < 1.29 is 14.6 Å². The summed E-state index contributed by atoms with van der Waals surface area (Å²) in [5.74, 6) is 0.824. The molecular formula is C9H16O3S. The molecule has 0 aromatic heterocycles. The van der Waals surface area contributed by atoms with Crippen molar-refractivity contribution in [2.24, 2.45) is 0 Å². The highest BCUT2D eigenvalue weighted by Gasteiger charge is 2.41. The first kappa shape index (κ1) is 10.9. The predicted octanol–water partition coefficient (Wildman–Crippen LogP) is 1.76. The van der Waals surface area contributed by atoms with Gasteiger partial charge in [0.2, 0.25) is 0 Å². The Kier molecular flexibility index (Phi) is 3.62. The fraction of sp³-hybridized carbons (Fsp3) is 0.889. The van der Waals surface area contributed by atoms with E-state index in [0.29, 0.717) is 12.2 Å². The monoisotopic (exact) mass is 204 g/mol. The maximum atomic E-state index is 11.1. The van der Waals surface area contributed by atoms with Crippen molar-refractivity contribution in [1.82, 2.24) is 0 Å². The van der Waals surface area contributed by atoms with Crippen molar-refractivity contribution in [2.45, 2.75) is 38.4 Å². The summed E-state index contributed by atoms with van der Waals surface area (Å²) in [6, 6.07) is 0. The number of hydrogen-bond acceptors (Lipinski definition) is 3. The molecule has 1 fully saturated rings. The van der Waals surface area contributed by atoms with Crippen LogP contribution in [0.1, 0.15) is 26.7 Å². The van der Waals surface area contributed by atoms with Crippen molar-refractivity contribution in [3.63, 3.8) is 0 Å². The molecule has 76 valence electrons. The minimum absolute atomic E-state index is 0.0187. The number of carboxylic acids is 1. The third kappa shape index (κ3) is 2.61. The molecule has 0 saturated carbocycles. The third-order valence-corrected chi connectivity index (χ3v) is 3.30. The molecule has 0 aromatic carbocycles. The van der Waals surface area contributed by atoms with Crippen LogP contribution in [0.15, 0.2) is 0 Å². The molecule has 1 heterocycles. The molecule has 3 nitrogen and oxygen atoms in total. The van der Waals surface area contributed by atoms with Gasteiger partial charge in [-0.1, -0.05) is 0 Å². The second-order valence-corrected chi connectivity index (χ2v) is 4.73. The summed E-state index contributed by atoms with van der Waals surface area (Å²) in [6.45, 7) is 3.76. The lowest BCUT2D eigenvalue weighted by Gasteiger charge is -2.34. The number of thioether (sulfide) groups is 1. The van der Waals surface area contributed by atoms with Gasteiger partial charge in [0.1, 0.15) is 0 Å². The van der Waals surface area contributed by atoms with Gasteiger partial charge in [-0.3, -0.25) is 0 Å². The zero-order valence-corrected chi connectivity index (χ0v) is 8.89. The lowest BCUT2D eigenvalue weighted by Crippen LogP contribution is -2.47. The molecule has 1 unspecified atom stereocenters. The van der Waals surface area contributed by atoms with Gasteiger partial charge in [-0.25, -0.2) is 4.79 Å². The summed E-state index contributed by atoms with van der Waals surface area (Å²) in [5.41, 5.74) is -0.920. The first-order chi connectivity index (χ1) is 6.07. The Bertz CT molecular complexity index is 185. The van der Waals surface area contributed by atoms with E-state index in [2.05, 4.69) is 0 Å². The van der Waals surface area contributed by atoms with Crippen molar-refractivity contribution >= 4 is 17.7 Å². The Hall–Kier alpha value is -0.220. The van der Waals surface area contributed by atoms with Crippen LogP contribution < -0.4 is 0 Å². The summed E-state index contributed by atoms with van der Waals surface area (Å²) >= 11 is 1.67. The number of hydrogen-bond donors (Lipinski definition) is 1. The topological polar surface area (TPSA) is 46.5 Å². The van der Waals surface area contributed by atoms with Crippen LogP contribution in [0.2, 0.25) is 0 Å². The molecule has 1 saturated heterocycles. The lowest BCUT2D eigenvalue weighted by atomic mass is 9.99. The molecule has 0 aliphatic carbocycles. The average Bonchev–Trinajstić information content (AvgIpc) is 2.04. The summed E-state index contributed by atoms with van der Waals surface area (Å²) in [4.78, 5) is 11.1. The third-order valence-electron chi connectivity index (χ3n) is 2.06. The van der Waals surface area contributed by atoms with Gasteiger partial charge in [0, 0.05) is 5.75 Å². The van der Waals surface area contributed by atoms with Crippen LogP contribution in [-0.2, 0) is 9.53 Å². The summed E-state index contributed by atoms with van der Waals surface area (Å²) in [6.07, 6.45) is 1.56. The maximum absolute atomic E-state index is 11.1. The first-order valence-electron chi connectivity index (χ1n) is 4.56. The van der Waals surface area contributed by atoms with Crippen molar-refractivity contribution in [3.8, 4) is 0 Å². The molecule has 0 aromatic rings. The van der Waals surface area contributed by atoms with E-state index < -0.39 is 11.6 Å². The van der Waals surface area contributed by atoms with Crippen LogP contribution in [0.25, 0.3) is 0 Å². The Balaban J connectivity index is 2.67. The minimum atomic E-state index is -0.920. The molecule has 4 heteroatoms. The zero-order valence-electron chi connectivity index (χ0n) is 8.08. The molecule has 0 bridgehead atoms. The first-order valence-corrected chi connectivity index (χ1v) is 5.71. The van der Waals surface area contributed by atoms with Gasteiger partial charge in [0.15, 0.2) is 5.60 Å². The highest BCUT2D eigenvalue weighted by Crippen LogP contribution is 2.31. The largest absolute Gasteiger partial charge is 0.479 e. The Labute approximate surface area is 82.8 Å². The fourth-order valence-electron chi connectivity index (χ4n) is 1.53. The number of rotatable bonds is 3. The highest BCUT2D eigenvalue weighted by molar-refractivity contribution is 7.99. The van der Waals surface area contributed by atoms with E-state index in [0.717, 1.165) is 12.2 Å². The van der Waals surface area contributed by atoms with Crippen molar-refractivity contribution in [2.75, 3.05) is 11.5 Å². The molecular weight excluding hydrogens is 188 g/mol. The van der Waals surface area contributed by atoms with Crippen LogP contribution in [0.4, 0.5) is 0 Å². The van der Waals surface area contributed by atoms with Gasteiger partial charge >= 0.3 is 5.97 Å². The predicted molar refractivity (Wildman–Crippen MR) is 53.1 cm³/mol. The number of ether oxygens (including phenoxy) is 1. The molecule has 13 heavy (non-hydrogen) atoms. The Morgan fingerprint density at radius 3 is 2.69 bits per heavy atom. The van der Waals surface area contributed by atoms with E-state index in [1.54, 1.807) is 11.8 Å². The summed E-state index contributed by atoms with van der Waals surface area (Å²) < 4.78 is 5.52. The van der Waals surface area contributed by atoms with Gasteiger partial charge in [-0.2, -0.15) is 11.8 Å². The Morgan fingerprint density at radius 1 is 1.62 bits per heavy atom. The molecule has 0 spiro atoms. The van der Waals surface area contributed by atoms with Crippen LogP contribution >= 0.6 is 11.8 Å². The molecule has 1 aliphatic rings.